The van der Waals surface area contributed by atoms with E-state index in [1.807, 2.05) is 7.05 Å². The molecular weight excluding hydrogens is 102 g/mol. The Hall–Kier alpha value is 0.177. The van der Waals surface area contributed by atoms with E-state index in [2.05, 4.69) is 25.8 Å². The maximum atomic E-state index is 3.25. The SMILES string of the molecule is CN[SiH2]C(C)(C)C. The van der Waals surface area contributed by atoms with E-state index in [4.69, 9.17) is 0 Å². The summed E-state index contributed by atoms with van der Waals surface area (Å²) >= 11 is 0. The summed E-state index contributed by atoms with van der Waals surface area (Å²) in [6.45, 7) is 6.82. The third-order valence-corrected chi connectivity index (χ3v) is 2.12. The predicted octanol–water partition coefficient (Wildman–Crippen LogP) is 0.508. The van der Waals surface area contributed by atoms with Gasteiger partial charge in [-0.25, -0.2) is 0 Å². The van der Waals surface area contributed by atoms with Crippen LogP contribution in [0.4, 0.5) is 0 Å². The summed E-state index contributed by atoms with van der Waals surface area (Å²) in [5.74, 6) is 0. The first-order valence-electron chi connectivity index (χ1n) is 2.71. The Bertz CT molecular complexity index is 46.5. The van der Waals surface area contributed by atoms with Crippen molar-refractivity contribution in [2.45, 2.75) is 25.8 Å². The molecule has 0 heterocycles. The second-order valence-corrected chi connectivity index (χ2v) is 6.27. The maximum absolute atomic E-state index is 3.25. The van der Waals surface area contributed by atoms with Crippen LogP contribution in [-0.2, 0) is 0 Å². The predicted molar refractivity (Wildman–Crippen MR) is 37.3 cm³/mol. The van der Waals surface area contributed by atoms with Crippen molar-refractivity contribution in [2.24, 2.45) is 0 Å². The van der Waals surface area contributed by atoms with Crippen molar-refractivity contribution >= 4 is 9.68 Å². The average molecular weight is 117 g/mol. The number of nitrogens with one attached hydrogen (secondary N) is 1. The van der Waals surface area contributed by atoms with E-state index < -0.39 is 0 Å². The number of hydrogen-bond acceptors (Lipinski definition) is 1. The van der Waals surface area contributed by atoms with Gasteiger partial charge in [-0.05, 0) is 12.1 Å². The van der Waals surface area contributed by atoms with Gasteiger partial charge in [0.1, 0.15) is 0 Å². The van der Waals surface area contributed by atoms with E-state index in [9.17, 15) is 0 Å². The van der Waals surface area contributed by atoms with Crippen molar-refractivity contribution in [3.63, 3.8) is 0 Å². The zero-order valence-corrected chi connectivity index (χ0v) is 7.12. The summed E-state index contributed by atoms with van der Waals surface area (Å²) in [5.41, 5.74) is 0. The molecule has 0 radical (unpaired) electrons. The molecule has 0 rings (SSSR count). The lowest BCUT2D eigenvalue weighted by Crippen LogP contribution is -2.22. The molecule has 0 aromatic rings. The minimum Gasteiger partial charge on any atom is -0.344 e. The first kappa shape index (κ1) is 7.18. The monoisotopic (exact) mass is 117 g/mol. The summed E-state index contributed by atoms with van der Waals surface area (Å²) in [7, 11) is 2.05. The highest BCUT2D eigenvalue weighted by Gasteiger charge is 2.07. The summed E-state index contributed by atoms with van der Waals surface area (Å²) < 4.78 is 0. The van der Waals surface area contributed by atoms with Crippen LogP contribution < -0.4 is 4.98 Å². The van der Waals surface area contributed by atoms with Gasteiger partial charge in [0.2, 0.25) is 0 Å². The molecule has 0 spiro atoms. The van der Waals surface area contributed by atoms with E-state index in [0.29, 0.717) is 5.04 Å². The number of hydrogen-bond donors (Lipinski definition) is 1. The van der Waals surface area contributed by atoms with Crippen LogP contribution in [0, 0.1) is 0 Å². The molecule has 0 aromatic carbocycles. The van der Waals surface area contributed by atoms with Gasteiger partial charge in [0, 0.05) is 0 Å². The quantitative estimate of drug-likeness (QED) is 0.493. The van der Waals surface area contributed by atoms with Gasteiger partial charge in [-0.15, -0.1) is 0 Å². The van der Waals surface area contributed by atoms with Crippen LogP contribution in [0.1, 0.15) is 20.8 Å². The molecule has 0 unspecified atom stereocenters. The second-order valence-electron chi connectivity index (χ2n) is 3.09. The highest BCUT2D eigenvalue weighted by atomic mass is 28.2. The van der Waals surface area contributed by atoms with Crippen molar-refractivity contribution in [3.8, 4) is 0 Å². The van der Waals surface area contributed by atoms with E-state index in [-0.39, 0.29) is 9.68 Å². The Morgan fingerprint density at radius 3 is 1.71 bits per heavy atom. The van der Waals surface area contributed by atoms with Crippen molar-refractivity contribution in [2.75, 3.05) is 7.05 Å². The number of rotatable bonds is 1. The van der Waals surface area contributed by atoms with Gasteiger partial charge in [-0.2, -0.15) is 0 Å². The van der Waals surface area contributed by atoms with Crippen LogP contribution in [0.3, 0.4) is 0 Å². The lowest BCUT2D eigenvalue weighted by Gasteiger charge is -2.14. The average Bonchev–Trinajstić information content (AvgIpc) is 1.30. The smallest absolute Gasteiger partial charge is 0.0967 e. The van der Waals surface area contributed by atoms with Gasteiger partial charge in [-0.3, -0.25) is 0 Å². The lowest BCUT2D eigenvalue weighted by molar-refractivity contribution is 0.740. The fourth-order valence-corrected chi connectivity index (χ4v) is 1.59. The van der Waals surface area contributed by atoms with Crippen molar-refractivity contribution in [3.05, 3.63) is 0 Å². The van der Waals surface area contributed by atoms with Gasteiger partial charge in [0.25, 0.3) is 0 Å². The van der Waals surface area contributed by atoms with Crippen LogP contribution >= 0.6 is 0 Å². The summed E-state index contributed by atoms with van der Waals surface area (Å²) in [5, 5.41) is 0.578. The largest absolute Gasteiger partial charge is 0.344 e. The fourth-order valence-electron chi connectivity index (χ4n) is 0.530. The maximum Gasteiger partial charge on any atom is 0.0967 e. The van der Waals surface area contributed by atoms with Gasteiger partial charge in [0.15, 0.2) is 0 Å². The van der Waals surface area contributed by atoms with E-state index in [1.54, 1.807) is 0 Å². The topological polar surface area (TPSA) is 12.0 Å². The molecule has 0 saturated carbocycles. The normalized spacial score (nSPS) is 13.7. The summed E-state index contributed by atoms with van der Waals surface area (Å²) in [6, 6.07) is 0. The highest BCUT2D eigenvalue weighted by molar-refractivity contribution is 6.36. The van der Waals surface area contributed by atoms with Gasteiger partial charge in [-0.1, -0.05) is 20.8 Å². The Labute approximate surface area is 48.4 Å². The molecule has 0 amide bonds. The van der Waals surface area contributed by atoms with Crippen LogP contribution in [0.2, 0.25) is 5.04 Å². The van der Waals surface area contributed by atoms with E-state index in [1.165, 1.54) is 0 Å². The molecule has 1 nitrogen and oxygen atoms in total. The molecule has 7 heavy (non-hydrogen) atoms. The minimum absolute atomic E-state index is 0.0100. The van der Waals surface area contributed by atoms with E-state index >= 15 is 0 Å². The first-order valence-corrected chi connectivity index (χ1v) is 4.12. The lowest BCUT2D eigenvalue weighted by atomic mass is 10.3. The van der Waals surface area contributed by atoms with Gasteiger partial charge in [0.05, 0.1) is 9.68 Å². The molecule has 1 N–H and O–H groups in total. The van der Waals surface area contributed by atoms with Gasteiger partial charge < -0.3 is 4.98 Å². The molecule has 0 bridgehead atoms. The van der Waals surface area contributed by atoms with E-state index in [0.717, 1.165) is 0 Å². The molecular formula is C5H15NSi. The molecule has 44 valence electrons. The molecule has 0 aliphatic heterocycles. The highest BCUT2D eigenvalue weighted by Crippen LogP contribution is 2.17. The third-order valence-electron chi connectivity index (χ3n) is 0.707. The Balaban J connectivity index is 3.15. The molecule has 2 heteroatoms. The van der Waals surface area contributed by atoms with Crippen molar-refractivity contribution in [1.82, 2.24) is 4.98 Å². The van der Waals surface area contributed by atoms with Crippen molar-refractivity contribution in [1.29, 1.82) is 0 Å². The van der Waals surface area contributed by atoms with Gasteiger partial charge >= 0.3 is 0 Å². The first-order chi connectivity index (χ1) is 3.06. The Morgan fingerprint density at radius 2 is 1.71 bits per heavy atom. The zero-order valence-electron chi connectivity index (χ0n) is 5.71. The van der Waals surface area contributed by atoms with Crippen LogP contribution in [0.25, 0.3) is 0 Å². The van der Waals surface area contributed by atoms with Crippen LogP contribution in [-0.4, -0.2) is 16.7 Å². The van der Waals surface area contributed by atoms with Crippen LogP contribution in [0.5, 0.6) is 0 Å². The third kappa shape index (κ3) is 6.18. The molecule has 0 aliphatic rings. The Kier molecular flexibility index (Phi) is 2.54. The summed E-state index contributed by atoms with van der Waals surface area (Å²) in [4.78, 5) is 3.25. The zero-order chi connectivity index (χ0) is 5.91. The van der Waals surface area contributed by atoms with Crippen LogP contribution in [0.15, 0.2) is 0 Å². The Morgan fingerprint density at radius 1 is 1.29 bits per heavy atom. The second kappa shape index (κ2) is 2.48. The molecule has 0 aromatic heterocycles. The molecule has 0 aliphatic carbocycles. The molecule has 0 atom stereocenters. The molecule has 0 saturated heterocycles. The molecule has 0 fully saturated rings. The van der Waals surface area contributed by atoms with Crippen molar-refractivity contribution < 1.29 is 0 Å². The summed E-state index contributed by atoms with van der Waals surface area (Å²) in [6.07, 6.45) is 0. The fraction of sp³-hybridized carbons (Fsp3) is 1.00. The minimum atomic E-state index is 0.0100. The standard InChI is InChI=1S/C5H15NSi/c1-5(2,3)7-6-4/h6H,7H2,1-4H3.